The van der Waals surface area contributed by atoms with Crippen molar-refractivity contribution in [3.8, 4) is 0 Å². The van der Waals surface area contributed by atoms with E-state index in [1.165, 1.54) is 15.3 Å². The van der Waals surface area contributed by atoms with E-state index in [2.05, 4.69) is 0 Å². The standard InChI is InChI=1S/C18H24F3N2OP/c1-3-11(2)17(24)23(14-6-5-13(22)9-14)10-12-4-7-16(19)15(8-12)18(20,21)25/h3-4,7-8,13-14H,5-6,9-10,22,25H2,1-2H3/b11-3+/t13?,14-/m1/s1. The number of benzene rings is 1. The van der Waals surface area contributed by atoms with Crippen LogP contribution in [0.2, 0.25) is 0 Å². The van der Waals surface area contributed by atoms with Crippen molar-refractivity contribution in [3.63, 3.8) is 0 Å². The summed E-state index contributed by atoms with van der Waals surface area (Å²) in [7, 11) is 1.35. The second kappa shape index (κ2) is 7.88. The quantitative estimate of drug-likeness (QED) is 0.629. The first-order chi connectivity index (χ1) is 11.6. The molecule has 1 fully saturated rings. The van der Waals surface area contributed by atoms with Gasteiger partial charge in [-0.15, -0.1) is 0 Å². The molecule has 1 amide bonds. The number of hydrogen-bond donors (Lipinski definition) is 1. The van der Waals surface area contributed by atoms with Crippen molar-refractivity contribution in [1.29, 1.82) is 0 Å². The van der Waals surface area contributed by atoms with Crippen molar-refractivity contribution in [2.24, 2.45) is 5.73 Å². The lowest BCUT2D eigenvalue weighted by Crippen LogP contribution is -2.39. The topological polar surface area (TPSA) is 46.3 Å². The minimum atomic E-state index is -3.36. The Morgan fingerprint density at radius 2 is 2.12 bits per heavy atom. The maximum atomic E-state index is 13.7. The third-order valence-corrected chi connectivity index (χ3v) is 4.97. The van der Waals surface area contributed by atoms with Gasteiger partial charge in [0.2, 0.25) is 5.91 Å². The van der Waals surface area contributed by atoms with Crippen LogP contribution in [0.4, 0.5) is 13.2 Å². The number of hydrogen-bond acceptors (Lipinski definition) is 2. The molecule has 2 rings (SSSR count). The molecule has 25 heavy (non-hydrogen) atoms. The number of allylic oxidation sites excluding steroid dienone is 1. The number of nitrogens with two attached hydrogens (primary N) is 1. The largest absolute Gasteiger partial charge is 0.332 e. The summed E-state index contributed by atoms with van der Waals surface area (Å²) in [5, 5.41) is 0. The van der Waals surface area contributed by atoms with Crippen LogP contribution >= 0.6 is 9.24 Å². The van der Waals surface area contributed by atoms with E-state index >= 15 is 0 Å². The number of alkyl halides is 2. The predicted molar refractivity (Wildman–Crippen MR) is 95.6 cm³/mol. The fourth-order valence-corrected chi connectivity index (χ4v) is 3.34. The van der Waals surface area contributed by atoms with Gasteiger partial charge in [-0.05, 0) is 50.8 Å². The molecule has 0 bridgehead atoms. The first kappa shape index (κ1) is 19.9. The van der Waals surface area contributed by atoms with Crippen LogP contribution in [0.3, 0.4) is 0 Å². The van der Waals surface area contributed by atoms with E-state index in [0.717, 1.165) is 25.0 Å². The molecule has 2 unspecified atom stereocenters. The van der Waals surface area contributed by atoms with Crippen LogP contribution in [0.15, 0.2) is 29.8 Å². The second-order valence-electron chi connectivity index (χ2n) is 6.57. The molecular formula is C18H24F3N2OP. The summed E-state index contributed by atoms with van der Waals surface area (Å²) in [6.45, 7) is 3.64. The van der Waals surface area contributed by atoms with Crippen molar-refractivity contribution in [2.75, 3.05) is 0 Å². The molecule has 1 aliphatic rings. The molecule has 138 valence electrons. The molecule has 3 nitrogen and oxygen atoms in total. The Kier molecular flexibility index (Phi) is 6.28. The number of carbonyl (C=O) groups is 1. The van der Waals surface area contributed by atoms with E-state index < -0.39 is 17.0 Å². The Bertz CT molecular complexity index is 673. The van der Waals surface area contributed by atoms with Crippen LogP contribution in [0.1, 0.15) is 44.2 Å². The zero-order valence-electron chi connectivity index (χ0n) is 14.4. The third-order valence-electron chi connectivity index (χ3n) is 4.66. The minimum absolute atomic E-state index is 0.0337. The first-order valence-corrected chi connectivity index (χ1v) is 8.86. The Hall–Kier alpha value is -1.39. The van der Waals surface area contributed by atoms with Gasteiger partial charge in [-0.25, -0.2) is 4.39 Å². The number of amides is 1. The van der Waals surface area contributed by atoms with Crippen molar-refractivity contribution < 1.29 is 18.0 Å². The fourth-order valence-electron chi connectivity index (χ4n) is 3.11. The zero-order chi connectivity index (χ0) is 18.8. The zero-order valence-corrected chi connectivity index (χ0v) is 15.6. The molecule has 0 aliphatic heterocycles. The Morgan fingerprint density at radius 3 is 2.64 bits per heavy atom. The maximum absolute atomic E-state index is 13.7. The average Bonchev–Trinajstić information content (AvgIpc) is 2.97. The van der Waals surface area contributed by atoms with Gasteiger partial charge in [0, 0.05) is 24.2 Å². The molecule has 1 aliphatic carbocycles. The highest BCUT2D eigenvalue weighted by atomic mass is 31.0. The SMILES string of the molecule is C/C=C(\C)C(=O)N(Cc1ccc(F)c(C(F)(F)P)c1)[C@@H]1CCC(N)C1. The lowest BCUT2D eigenvalue weighted by molar-refractivity contribution is -0.130. The van der Waals surface area contributed by atoms with Crippen LogP contribution in [-0.4, -0.2) is 22.9 Å². The molecule has 0 saturated heterocycles. The van der Waals surface area contributed by atoms with E-state index in [1.54, 1.807) is 24.8 Å². The molecular weight excluding hydrogens is 348 g/mol. The van der Waals surface area contributed by atoms with Gasteiger partial charge in [0.1, 0.15) is 5.82 Å². The normalized spacial score (nSPS) is 21.5. The molecule has 0 spiro atoms. The number of nitrogens with zero attached hydrogens (tertiary/aromatic N) is 1. The Morgan fingerprint density at radius 1 is 1.44 bits per heavy atom. The molecule has 0 heterocycles. The second-order valence-corrected chi connectivity index (χ2v) is 7.29. The Balaban J connectivity index is 2.32. The molecule has 2 N–H and O–H groups in total. The summed E-state index contributed by atoms with van der Waals surface area (Å²) in [5.74, 6) is -1.11. The lowest BCUT2D eigenvalue weighted by atomic mass is 10.1. The van der Waals surface area contributed by atoms with Gasteiger partial charge in [-0.3, -0.25) is 4.79 Å². The number of carbonyl (C=O) groups excluding carboxylic acids is 1. The fraction of sp³-hybridized carbons (Fsp3) is 0.500. The highest BCUT2D eigenvalue weighted by Crippen LogP contribution is 2.37. The van der Waals surface area contributed by atoms with Crippen molar-refractivity contribution in [2.45, 2.75) is 57.4 Å². The summed E-state index contributed by atoms with van der Waals surface area (Å²) in [4.78, 5) is 14.4. The van der Waals surface area contributed by atoms with Crippen molar-refractivity contribution >= 4 is 15.1 Å². The molecule has 3 atom stereocenters. The molecule has 1 aromatic carbocycles. The van der Waals surface area contributed by atoms with Crippen LogP contribution in [0.5, 0.6) is 0 Å². The summed E-state index contributed by atoms with van der Waals surface area (Å²) in [6, 6.07) is 3.58. The van der Waals surface area contributed by atoms with Gasteiger partial charge < -0.3 is 10.6 Å². The molecule has 0 radical (unpaired) electrons. The van der Waals surface area contributed by atoms with Crippen LogP contribution < -0.4 is 5.73 Å². The summed E-state index contributed by atoms with van der Waals surface area (Å²) in [6.07, 6.45) is 3.99. The molecule has 1 saturated carbocycles. The van der Waals surface area contributed by atoms with Crippen LogP contribution in [-0.2, 0) is 17.0 Å². The van der Waals surface area contributed by atoms with E-state index in [0.29, 0.717) is 17.6 Å². The van der Waals surface area contributed by atoms with E-state index in [4.69, 9.17) is 5.73 Å². The summed E-state index contributed by atoms with van der Waals surface area (Å²) in [5.41, 5.74) is 2.97. The monoisotopic (exact) mass is 372 g/mol. The van der Waals surface area contributed by atoms with Crippen LogP contribution in [0.25, 0.3) is 0 Å². The lowest BCUT2D eigenvalue weighted by Gasteiger charge is -2.30. The number of halogens is 3. The van der Waals surface area contributed by atoms with Crippen molar-refractivity contribution in [3.05, 3.63) is 46.8 Å². The molecule has 7 heteroatoms. The maximum Gasteiger partial charge on any atom is 0.286 e. The smallest absolute Gasteiger partial charge is 0.286 e. The van der Waals surface area contributed by atoms with Gasteiger partial charge in [-0.2, -0.15) is 8.78 Å². The third kappa shape index (κ3) is 4.83. The van der Waals surface area contributed by atoms with Gasteiger partial charge in [-0.1, -0.05) is 21.4 Å². The van der Waals surface area contributed by atoms with Crippen molar-refractivity contribution in [1.82, 2.24) is 4.90 Å². The number of rotatable bonds is 5. The average molecular weight is 372 g/mol. The highest BCUT2D eigenvalue weighted by molar-refractivity contribution is 7.17. The minimum Gasteiger partial charge on any atom is -0.332 e. The van der Waals surface area contributed by atoms with E-state index in [1.807, 2.05) is 0 Å². The van der Waals surface area contributed by atoms with Gasteiger partial charge >= 0.3 is 0 Å². The predicted octanol–water partition coefficient (Wildman–Crippen LogP) is 3.92. The van der Waals surface area contributed by atoms with E-state index in [-0.39, 0.29) is 24.5 Å². The van der Waals surface area contributed by atoms with E-state index in [9.17, 15) is 18.0 Å². The van der Waals surface area contributed by atoms with Gasteiger partial charge in [0.05, 0.1) is 5.56 Å². The summed E-state index contributed by atoms with van der Waals surface area (Å²) < 4.78 is 40.8. The van der Waals surface area contributed by atoms with Gasteiger partial charge in [0.15, 0.2) is 0 Å². The molecule has 0 aromatic heterocycles. The Labute approximate surface area is 148 Å². The molecule has 1 aromatic rings. The summed E-state index contributed by atoms with van der Waals surface area (Å²) >= 11 is 0. The van der Waals surface area contributed by atoms with Gasteiger partial charge in [0.25, 0.3) is 5.66 Å². The van der Waals surface area contributed by atoms with Crippen LogP contribution in [0, 0.1) is 5.82 Å². The first-order valence-electron chi connectivity index (χ1n) is 8.28. The highest BCUT2D eigenvalue weighted by Gasteiger charge is 2.32.